The van der Waals surface area contributed by atoms with Crippen LogP contribution >= 0.6 is 11.8 Å². The van der Waals surface area contributed by atoms with Crippen LogP contribution in [0.15, 0.2) is 41.3 Å². The Morgan fingerprint density at radius 3 is 2.52 bits per heavy atom. The first kappa shape index (κ1) is 15.7. The average molecular weight is 338 g/mol. The Balaban J connectivity index is 1.73. The van der Waals surface area contributed by atoms with Crippen molar-refractivity contribution in [1.29, 1.82) is 0 Å². The molecule has 2 amide bonds. The highest BCUT2D eigenvalue weighted by molar-refractivity contribution is 7.99. The molecule has 1 aliphatic heterocycles. The Hall–Kier alpha value is -2.15. The average Bonchev–Trinajstić information content (AvgIpc) is 2.46. The first-order chi connectivity index (χ1) is 11.0. The van der Waals surface area contributed by atoms with Crippen molar-refractivity contribution in [1.82, 2.24) is 5.32 Å². The van der Waals surface area contributed by atoms with Gasteiger partial charge in [-0.15, -0.1) is 11.8 Å². The van der Waals surface area contributed by atoms with Crippen molar-refractivity contribution < 1.29 is 18.0 Å². The smallest absolute Gasteiger partial charge is 0.319 e. The van der Waals surface area contributed by atoms with E-state index in [-0.39, 0.29) is 17.5 Å². The van der Waals surface area contributed by atoms with Gasteiger partial charge in [0.2, 0.25) is 0 Å². The third-order valence-corrected chi connectivity index (χ3v) is 4.56. The van der Waals surface area contributed by atoms with Crippen molar-refractivity contribution in [2.75, 3.05) is 11.1 Å². The van der Waals surface area contributed by atoms with Crippen LogP contribution in [-0.4, -0.2) is 11.8 Å². The lowest BCUT2D eigenvalue weighted by atomic mass is 10.0. The van der Waals surface area contributed by atoms with Crippen LogP contribution in [0.2, 0.25) is 0 Å². The molecular formula is C16H13F3N2OS. The number of benzene rings is 2. The molecule has 2 N–H and O–H groups in total. The number of halogens is 3. The van der Waals surface area contributed by atoms with E-state index in [2.05, 4.69) is 10.6 Å². The lowest BCUT2D eigenvalue weighted by molar-refractivity contribution is 0.248. The van der Waals surface area contributed by atoms with Gasteiger partial charge in [-0.25, -0.2) is 18.0 Å². The predicted molar refractivity (Wildman–Crippen MR) is 83.0 cm³/mol. The molecule has 0 aromatic heterocycles. The molecule has 0 aliphatic carbocycles. The molecule has 2 aromatic rings. The van der Waals surface area contributed by atoms with E-state index in [1.54, 1.807) is 17.8 Å². The Labute approximate surface area is 135 Å². The highest BCUT2D eigenvalue weighted by Gasteiger charge is 2.23. The Morgan fingerprint density at radius 2 is 1.78 bits per heavy atom. The standard InChI is InChI=1S/C16H13F3N2OS/c17-9-1-2-15-13(8-9)14(3-4-23-15)21-16(22)20-12-6-10(18)5-11(19)7-12/h1-2,5-8,14H,3-4H2,(H2,20,21,22). The summed E-state index contributed by atoms with van der Waals surface area (Å²) in [6.45, 7) is 0. The van der Waals surface area contributed by atoms with Crippen LogP contribution in [0.3, 0.4) is 0 Å². The summed E-state index contributed by atoms with van der Waals surface area (Å²) in [5, 5.41) is 5.10. The molecular weight excluding hydrogens is 325 g/mol. The van der Waals surface area contributed by atoms with Crippen molar-refractivity contribution in [2.45, 2.75) is 17.4 Å². The van der Waals surface area contributed by atoms with Gasteiger partial charge in [-0.05, 0) is 42.3 Å². The second-order valence-corrected chi connectivity index (χ2v) is 6.27. The molecule has 120 valence electrons. The van der Waals surface area contributed by atoms with Gasteiger partial charge in [0.25, 0.3) is 0 Å². The zero-order chi connectivity index (χ0) is 16.4. The van der Waals surface area contributed by atoms with E-state index in [4.69, 9.17) is 0 Å². The summed E-state index contributed by atoms with van der Waals surface area (Å²) < 4.78 is 39.7. The quantitative estimate of drug-likeness (QED) is 0.849. The number of urea groups is 1. The molecule has 1 aliphatic rings. The number of thioether (sulfide) groups is 1. The number of nitrogens with one attached hydrogen (secondary N) is 2. The van der Waals surface area contributed by atoms with Gasteiger partial charge in [0.15, 0.2) is 0 Å². The highest BCUT2D eigenvalue weighted by atomic mass is 32.2. The number of hydrogen-bond acceptors (Lipinski definition) is 2. The van der Waals surface area contributed by atoms with Crippen LogP contribution in [0.25, 0.3) is 0 Å². The van der Waals surface area contributed by atoms with E-state index in [9.17, 15) is 18.0 Å². The minimum absolute atomic E-state index is 0.0182. The summed E-state index contributed by atoms with van der Waals surface area (Å²) in [6, 6.07) is 6.28. The maximum absolute atomic E-state index is 13.4. The van der Waals surface area contributed by atoms with E-state index in [1.165, 1.54) is 12.1 Å². The molecule has 0 fully saturated rings. The molecule has 1 heterocycles. The molecule has 0 spiro atoms. The minimum Gasteiger partial charge on any atom is -0.331 e. The summed E-state index contributed by atoms with van der Waals surface area (Å²) in [5.41, 5.74) is 0.728. The zero-order valence-corrected chi connectivity index (χ0v) is 12.7. The maximum Gasteiger partial charge on any atom is 0.319 e. The van der Waals surface area contributed by atoms with Crippen LogP contribution in [-0.2, 0) is 0 Å². The number of anilines is 1. The van der Waals surface area contributed by atoms with Gasteiger partial charge in [-0.3, -0.25) is 0 Å². The van der Waals surface area contributed by atoms with Crippen LogP contribution in [0.4, 0.5) is 23.7 Å². The van der Waals surface area contributed by atoms with Crippen LogP contribution in [0, 0.1) is 17.5 Å². The second kappa shape index (κ2) is 6.54. The monoisotopic (exact) mass is 338 g/mol. The largest absolute Gasteiger partial charge is 0.331 e. The summed E-state index contributed by atoms with van der Waals surface area (Å²) in [6.07, 6.45) is 0.645. The fourth-order valence-electron chi connectivity index (χ4n) is 2.47. The highest BCUT2D eigenvalue weighted by Crippen LogP contribution is 2.36. The van der Waals surface area contributed by atoms with E-state index < -0.39 is 17.7 Å². The van der Waals surface area contributed by atoms with E-state index >= 15 is 0 Å². The Kier molecular flexibility index (Phi) is 4.47. The van der Waals surface area contributed by atoms with Gasteiger partial charge in [-0.2, -0.15) is 0 Å². The summed E-state index contributed by atoms with van der Waals surface area (Å²) in [5.74, 6) is -1.13. The lowest BCUT2D eigenvalue weighted by Gasteiger charge is -2.26. The summed E-state index contributed by atoms with van der Waals surface area (Å²) >= 11 is 1.60. The van der Waals surface area contributed by atoms with Crippen LogP contribution in [0.5, 0.6) is 0 Å². The summed E-state index contributed by atoms with van der Waals surface area (Å²) in [4.78, 5) is 12.9. The number of amides is 2. The minimum atomic E-state index is -0.776. The van der Waals surface area contributed by atoms with Crippen LogP contribution < -0.4 is 10.6 Å². The van der Waals surface area contributed by atoms with Gasteiger partial charge in [0.05, 0.1) is 6.04 Å². The predicted octanol–water partition coefficient (Wildman–Crippen LogP) is 4.46. The third-order valence-electron chi connectivity index (χ3n) is 3.44. The third kappa shape index (κ3) is 3.79. The van der Waals surface area contributed by atoms with Crippen molar-refractivity contribution in [2.24, 2.45) is 0 Å². The number of carbonyl (C=O) groups is 1. The Morgan fingerprint density at radius 1 is 1.04 bits per heavy atom. The molecule has 1 unspecified atom stereocenters. The fraction of sp³-hybridized carbons (Fsp3) is 0.188. The molecule has 0 bridgehead atoms. The van der Waals surface area contributed by atoms with E-state index in [0.717, 1.165) is 28.8 Å². The van der Waals surface area contributed by atoms with Gasteiger partial charge >= 0.3 is 6.03 Å². The molecule has 3 rings (SSSR count). The van der Waals surface area contributed by atoms with Gasteiger partial charge < -0.3 is 10.6 Å². The maximum atomic E-state index is 13.4. The first-order valence-electron chi connectivity index (χ1n) is 6.97. The molecule has 7 heteroatoms. The zero-order valence-electron chi connectivity index (χ0n) is 11.9. The summed E-state index contributed by atoms with van der Waals surface area (Å²) in [7, 11) is 0. The number of carbonyl (C=O) groups excluding carboxylic acids is 1. The molecule has 0 saturated heterocycles. The van der Waals surface area contributed by atoms with Crippen LogP contribution in [0.1, 0.15) is 18.0 Å². The number of hydrogen-bond donors (Lipinski definition) is 2. The topological polar surface area (TPSA) is 41.1 Å². The molecule has 3 nitrogen and oxygen atoms in total. The number of fused-ring (bicyclic) bond motifs is 1. The normalized spacial score (nSPS) is 16.6. The van der Waals surface area contributed by atoms with Crippen molar-refractivity contribution in [3.63, 3.8) is 0 Å². The molecule has 0 saturated carbocycles. The van der Waals surface area contributed by atoms with E-state index in [0.29, 0.717) is 12.0 Å². The molecule has 1 atom stereocenters. The first-order valence-corrected chi connectivity index (χ1v) is 7.96. The molecule has 2 aromatic carbocycles. The molecule has 0 radical (unpaired) electrons. The fourth-order valence-corrected chi connectivity index (χ4v) is 3.57. The van der Waals surface area contributed by atoms with Gasteiger partial charge in [-0.1, -0.05) is 0 Å². The van der Waals surface area contributed by atoms with E-state index in [1.807, 2.05) is 0 Å². The SMILES string of the molecule is O=C(Nc1cc(F)cc(F)c1)NC1CCSc2ccc(F)cc21. The van der Waals surface area contributed by atoms with Crippen molar-refractivity contribution in [3.8, 4) is 0 Å². The van der Waals surface area contributed by atoms with Crippen molar-refractivity contribution in [3.05, 3.63) is 59.4 Å². The Bertz CT molecular complexity index is 734. The van der Waals surface area contributed by atoms with Gasteiger partial charge in [0.1, 0.15) is 17.5 Å². The lowest BCUT2D eigenvalue weighted by Crippen LogP contribution is -2.34. The van der Waals surface area contributed by atoms with Gasteiger partial charge in [0, 0.05) is 22.4 Å². The van der Waals surface area contributed by atoms with Crippen molar-refractivity contribution >= 4 is 23.5 Å². The number of rotatable bonds is 2. The molecule has 23 heavy (non-hydrogen) atoms. The second-order valence-electron chi connectivity index (χ2n) is 5.13.